The molecule has 0 spiro atoms. The van der Waals surface area contributed by atoms with Crippen molar-refractivity contribution in [2.45, 2.75) is 25.3 Å². The van der Waals surface area contributed by atoms with Crippen LogP contribution in [-0.4, -0.2) is 6.04 Å². The van der Waals surface area contributed by atoms with E-state index in [9.17, 15) is 4.39 Å². The predicted octanol–water partition coefficient (Wildman–Crippen LogP) is 3.76. The Morgan fingerprint density at radius 1 is 1.15 bits per heavy atom. The smallest absolute Gasteiger partial charge is 0.126 e. The molecule has 1 aliphatic carbocycles. The molecule has 2 aromatic carbocycles. The van der Waals surface area contributed by atoms with Crippen LogP contribution in [0, 0.1) is 11.7 Å². The second-order valence-corrected chi connectivity index (χ2v) is 5.98. The lowest BCUT2D eigenvalue weighted by Gasteiger charge is -2.19. The summed E-state index contributed by atoms with van der Waals surface area (Å²) in [6.45, 7) is 0. The van der Waals surface area contributed by atoms with Crippen molar-refractivity contribution in [2.75, 3.05) is 0 Å². The Kier molecular flexibility index (Phi) is 3.77. The molecule has 1 unspecified atom stereocenters. The third kappa shape index (κ3) is 2.72. The van der Waals surface area contributed by atoms with Crippen LogP contribution >= 0.6 is 11.6 Å². The minimum atomic E-state index is -0.222. The lowest BCUT2D eigenvalue weighted by atomic mass is 9.92. The van der Waals surface area contributed by atoms with Gasteiger partial charge in [0, 0.05) is 11.1 Å². The van der Waals surface area contributed by atoms with Crippen molar-refractivity contribution in [2.24, 2.45) is 11.7 Å². The van der Waals surface area contributed by atoms with Gasteiger partial charge in [-0.1, -0.05) is 35.9 Å². The van der Waals surface area contributed by atoms with E-state index in [1.54, 1.807) is 12.1 Å². The predicted molar refractivity (Wildman–Crippen MR) is 80.4 cm³/mol. The van der Waals surface area contributed by atoms with E-state index < -0.39 is 0 Å². The van der Waals surface area contributed by atoms with Crippen LogP contribution in [0.15, 0.2) is 42.5 Å². The molecule has 3 heteroatoms. The Labute approximate surface area is 123 Å². The number of nitrogens with two attached hydrogens (primary N) is 1. The van der Waals surface area contributed by atoms with Gasteiger partial charge in [-0.25, -0.2) is 4.39 Å². The molecule has 0 saturated heterocycles. The number of hydrogen-bond donors (Lipinski definition) is 1. The van der Waals surface area contributed by atoms with Crippen molar-refractivity contribution in [3.8, 4) is 0 Å². The van der Waals surface area contributed by atoms with Gasteiger partial charge in [-0.2, -0.15) is 0 Å². The highest BCUT2D eigenvalue weighted by Gasteiger charge is 2.26. The maximum Gasteiger partial charge on any atom is 0.126 e. The van der Waals surface area contributed by atoms with Gasteiger partial charge in [0.05, 0.1) is 0 Å². The van der Waals surface area contributed by atoms with Gasteiger partial charge in [0.15, 0.2) is 0 Å². The molecule has 104 valence electrons. The summed E-state index contributed by atoms with van der Waals surface area (Å²) in [5, 5.41) is 0.559. The van der Waals surface area contributed by atoms with Crippen molar-refractivity contribution >= 4 is 11.6 Å². The second kappa shape index (κ2) is 5.55. The minimum Gasteiger partial charge on any atom is -0.327 e. The fraction of sp³-hybridized carbons (Fsp3) is 0.294. The molecular weight excluding hydrogens is 273 g/mol. The Morgan fingerprint density at radius 3 is 2.45 bits per heavy atom. The van der Waals surface area contributed by atoms with Gasteiger partial charge < -0.3 is 5.73 Å². The fourth-order valence-corrected chi connectivity index (χ4v) is 3.21. The van der Waals surface area contributed by atoms with Crippen molar-refractivity contribution < 1.29 is 4.39 Å². The highest BCUT2D eigenvalue weighted by atomic mass is 35.5. The maximum absolute atomic E-state index is 13.8. The molecule has 3 rings (SSSR count). The summed E-state index contributed by atoms with van der Waals surface area (Å²) in [6.07, 6.45) is 2.50. The Balaban J connectivity index is 1.72. The van der Waals surface area contributed by atoms with E-state index in [0.717, 1.165) is 12.8 Å². The summed E-state index contributed by atoms with van der Waals surface area (Å²) >= 11 is 5.93. The molecule has 0 bridgehead atoms. The van der Waals surface area contributed by atoms with Crippen molar-refractivity contribution in [1.82, 2.24) is 0 Å². The van der Waals surface area contributed by atoms with Gasteiger partial charge in [0.25, 0.3) is 0 Å². The number of rotatable bonds is 3. The molecule has 2 N–H and O–H groups in total. The van der Waals surface area contributed by atoms with Gasteiger partial charge >= 0.3 is 0 Å². The van der Waals surface area contributed by atoms with Crippen LogP contribution < -0.4 is 5.73 Å². The largest absolute Gasteiger partial charge is 0.327 e. The molecule has 0 aliphatic heterocycles. The van der Waals surface area contributed by atoms with E-state index in [1.807, 2.05) is 0 Å². The Hall–Kier alpha value is -1.38. The van der Waals surface area contributed by atoms with Gasteiger partial charge in [0.1, 0.15) is 5.82 Å². The first-order valence-electron chi connectivity index (χ1n) is 6.90. The molecule has 0 heterocycles. The molecule has 2 aromatic rings. The van der Waals surface area contributed by atoms with Crippen LogP contribution in [0.5, 0.6) is 0 Å². The Bertz CT molecular complexity index is 601. The first-order valence-corrected chi connectivity index (χ1v) is 7.27. The summed E-state index contributed by atoms with van der Waals surface area (Å²) in [6, 6.07) is 13.0. The molecule has 1 atom stereocenters. The standard InChI is InChI=1S/C17H17ClFN/c18-15-5-6-16(19)13(9-15)10-17(20)14-7-11-3-1-2-4-12(11)8-14/h1-6,9,14,17H,7-8,10,20H2. The average Bonchev–Trinajstić information content (AvgIpc) is 2.87. The highest BCUT2D eigenvalue weighted by Crippen LogP contribution is 2.29. The van der Waals surface area contributed by atoms with E-state index in [-0.39, 0.29) is 11.9 Å². The SMILES string of the molecule is NC(Cc1cc(Cl)ccc1F)C1Cc2ccccc2C1. The van der Waals surface area contributed by atoms with E-state index >= 15 is 0 Å². The van der Waals surface area contributed by atoms with Crippen LogP contribution in [0.1, 0.15) is 16.7 Å². The van der Waals surface area contributed by atoms with Crippen LogP contribution in [0.4, 0.5) is 4.39 Å². The normalized spacial score (nSPS) is 16.1. The summed E-state index contributed by atoms with van der Waals surface area (Å²) < 4.78 is 13.8. The lowest BCUT2D eigenvalue weighted by molar-refractivity contribution is 0.431. The highest BCUT2D eigenvalue weighted by molar-refractivity contribution is 6.30. The Morgan fingerprint density at radius 2 is 1.80 bits per heavy atom. The average molecular weight is 290 g/mol. The van der Waals surface area contributed by atoms with E-state index in [2.05, 4.69) is 24.3 Å². The monoisotopic (exact) mass is 289 g/mol. The number of halogens is 2. The summed E-state index contributed by atoms with van der Waals surface area (Å²) in [7, 11) is 0. The van der Waals surface area contributed by atoms with Crippen molar-refractivity contribution in [3.63, 3.8) is 0 Å². The molecule has 1 aliphatic rings. The zero-order valence-electron chi connectivity index (χ0n) is 11.2. The lowest BCUT2D eigenvalue weighted by Crippen LogP contribution is -2.33. The number of hydrogen-bond acceptors (Lipinski definition) is 1. The first-order chi connectivity index (χ1) is 9.63. The van der Waals surface area contributed by atoms with Gasteiger partial charge in [0.2, 0.25) is 0 Å². The van der Waals surface area contributed by atoms with Crippen LogP contribution in [0.2, 0.25) is 5.02 Å². The minimum absolute atomic E-state index is 0.0460. The second-order valence-electron chi connectivity index (χ2n) is 5.54. The molecule has 0 radical (unpaired) electrons. The molecule has 0 amide bonds. The van der Waals surface area contributed by atoms with E-state index in [1.165, 1.54) is 17.2 Å². The summed E-state index contributed by atoms with van der Waals surface area (Å²) in [5.74, 6) is 0.158. The molecule has 0 saturated carbocycles. The van der Waals surface area contributed by atoms with Crippen LogP contribution in [0.3, 0.4) is 0 Å². The van der Waals surface area contributed by atoms with Gasteiger partial charge in [-0.3, -0.25) is 0 Å². The van der Waals surface area contributed by atoms with Crippen molar-refractivity contribution in [1.29, 1.82) is 0 Å². The quantitative estimate of drug-likeness (QED) is 0.915. The van der Waals surface area contributed by atoms with E-state index in [0.29, 0.717) is 22.9 Å². The molecule has 1 nitrogen and oxygen atoms in total. The molecule has 20 heavy (non-hydrogen) atoms. The maximum atomic E-state index is 13.8. The summed E-state index contributed by atoms with van der Waals surface area (Å²) in [4.78, 5) is 0. The molecule has 0 aromatic heterocycles. The number of benzene rings is 2. The zero-order valence-corrected chi connectivity index (χ0v) is 11.9. The zero-order chi connectivity index (χ0) is 14.1. The van der Waals surface area contributed by atoms with Crippen molar-refractivity contribution in [3.05, 3.63) is 70.0 Å². The van der Waals surface area contributed by atoms with Crippen LogP contribution in [-0.2, 0) is 19.3 Å². The third-order valence-electron chi connectivity index (χ3n) is 4.15. The van der Waals surface area contributed by atoms with Gasteiger partial charge in [-0.05, 0) is 60.1 Å². The number of fused-ring (bicyclic) bond motifs is 1. The van der Waals surface area contributed by atoms with Crippen LogP contribution in [0.25, 0.3) is 0 Å². The third-order valence-corrected chi connectivity index (χ3v) is 4.39. The molecular formula is C17H17ClFN. The summed E-state index contributed by atoms with van der Waals surface area (Å²) in [5.41, 5.74) is 9.66. The first kappa shape index (κ1) is 13.6. The fourth-order valence-electron chi connectivity index (χ4n) is 3.02. The topological polar surface area (TPSA) is 26.0 Å². The molecule has 0 fully saturated rings. The van der Waals surface area contributed by atoms with E-state index in [4.69, 9.17) is 17.3 Å². The van der Waals surface area contributed by atoms with Gasteiger partial charge in [-0.15, -0.1) is 0 Å².